The number of carbonyl (C=O) groups is 1. The van der Waals surface area contributed by atoms with Crippen LogP contribution in [-0.2, 0) is 5.54 Å². The summed E-state index contributed by atoms with van der Waals surface area (Å²) in [7, 11) is 0. The molecule has 124 valence electrons. The first kappa shape index (κ1) is 16.3. The van der Waals surface area contributed by atoms with Crippen LogP contribution in [0.15, 0.2) is 36.4 Å². The zero-order valence-electron chi connectivity index (χ0n) is 14.1. The summed E-state index contributed by atoms with van der Waals surface area (Å²) in [5.41, 5.74) is 2.19. The predicted octanol–water partition coefficient (Wildman–Crippen LogP) is 3.72. The van der Waals surface area contributed by atoms with E-state index in [0.29, 0.717) is 16.4 Å². The van der Waals surface area contributed by atoms with Gasteiger partial charge in [0.25, 0.3) is 5.91 Å². The normalized spacial score (nSPS) is 11.5. The minimum atomic E-state index is -0.267. The maximum atomic E-state index is 12.5. The van der Waals surface area contributed by atoms with Crippen molar-refractivity contribution in [1.82, 2.24) is 19.4 Å². The Morgan fingerprint density at radius 1 is 1.21 bits per heavy atom. The first-order valence-corrected chi connectivity index (χ1v) is 8.40. The van der Waals surface area contributed by atoms with Gasteiger partial charge in [-0.25, -0.2) is 4.68 Å². The number of rotatable bonds is 3. The minimum absolute atomic E-state index is 0.215. The van der Waals surface area contributed by atoms with Crippen molar-refractivity contribution in [2.75, 3.05) is 5.32 Å². The highest BCUT2D eigenvalue weighted by molar-refractivity contribution is 7.08. The number of hydrogen-bond donors (Lipinski definition) is 1. The summed E-state index contributed by atoms with van der Waals surface area (Å²) in [4.78, 5) is 13.0. The van der Waals surface area contributed by atoms with E-state index in [2.05, 4.69) is 20.0 Å². The molecule has 2 aromatic heterocycles. The molecule has 0 aliphatic heterocycles. The van der Waals surface area contributed by atoms with Gasteiger partial charge in [0, 0.05) is 11.6 Å². The van der Waals surface area contributed by atoms with Crippen molar-refractivity contribution >= 4 is 23.3 Å². The van der Waals surface area contributed by atoms with E-state index >= 15 is 0 Å². The van der Waals surface area contributed by atoms with Gasteiger partial charge in [-0.1, -0.05) is 34.8 Å². The molecule has 0 radical (unpaired) electrons. The first-order chi connectivity index (χ1) is 11.4. The molecule has 0 atom stereocenters. The van der Waals surface area contributed by atoms with Crippen LogP contribution in [0.25, 0.3) is 11.3 Å². The molecular formula is C17H19N5OS. The number of nitrogens with one attached hydrogen (secondary N) is 1. The summed E-state index contributed by atoms with van der Waals surface area (Å²) >= 11 is 1.09. The van der Waals surface area contributed by atoms with Crippen LogP contribution < -0.4 is 5.32 Å². The number of nitrogens with zero attached hydrogens (tertiary/aromatic N) is 4. The zero-order valence-corrected chi connectivity index (χ0v) is 14.9. The van der Waals surface area contributed by atoms with E-state index in [4.69, 9.17) is 0 Å². The molecule has 0 fully saturated rings. The number of amides is 1. The van der Waals surface area contributed by atoms with Gasteiger partial charge in [0.05, 0.1) is 16.9 Å². The van der Waals surface area contributed by atoms with Crippen LogP contribution in [0.2, 0.25) is 0 Å². The average Bonchev–Trinajstić information content (AvgIpc) is 3.14. The van der Waals surface area contributed by atoms with Gasteiger partial charge in [-0.3, -0.25) is 4.79 Å². The Bertz CT molecular complexity index is 861. The van der Waals surface area contributed by atoms with Crippen molar-refractivity contribution in [2.45, 2.75) is 33.2 Å². The molecule has 0 bridgehead atoms. The fraction of sp³-hybridized carbons (Fsp3) is 0.294. The third-order valence-corrected chi connectivity index (χ3v) is 4.34. The summed E-state index contributed by atoms with van der Waals surface area (Å²) in [5.74, 6) is 0.437. The Labute approximate surface area is 144 Å². The van der Waals surface area contributed by atoms with Crippen LogP contribution in [0.5, 0.6) is 0 Å². The molecule has 0 saturated heterocycles. The molecule has 7 heteroatoms. The molecular weight excluding hydrogens is 322 g/mol. The van der Waals surface area contributed by atoms with Gasteiger partial charge in [-0.05, 0) is 39.2 Å². The van der Waals surface area contributed by atoms with E-state index < -0.39 is 0 Å². The lowest BCUT2D eigenvalue weighted by molar-refractivity contribution is 0.102. The van der Waals surface area contributed by atoms with Crippen molar-refractivity contribution in [3.8, 4) is 11.3 Å². The van der Waals surface area contributed by atoms with Crippen LogP contribution in [0.3, 0.4) is 0 Å². The molecule has 2 heterocycles. The molecule has 0 spiro atoms. The van der Waals surface area contributed by atoms with Gasteiger partial charge in [-0.15, -0.1) is 5.10 Å². The topological polar surface area (TPSA) is 72.7 Å². The second-order valence-corrected chi connectivity index (χ2v) is 7.26. The standard InChI is InChI=1S/C17H19N5OS/c1-11-15(24-21-19-11)16(23)18-14-10-13(12-8-6-5-7-9-12)20-22(14)17(2,3)4/h5-10H,1-4H3,(H,18,23). The lowest BCUT2D eigenvalue weighted by Gasteiger charge is -2.22. The average molecular weight is 341 g/mol. The summed E-state index contributed by atoms with van der Waals surface area (Å²) < 4.78 is 5.65. The fourth-order valence-electron chi connectivity index (χ4n) is 2.34. The fourth-order valence-corrected chi connectivity index (χ4v) is 2.90. The zero-order chi connectivity index (χ0) is 17.3. The SMILES string of the molecule is Cc1nnsc1C(=O)Nc1cc(-c2ccccc2)nn1C(C)(C)C. The van der Waals surface area contributed by atoms with E-state index in [9.17, 15) is 4.79 Å². The van der Waals surface area contributed by atoms with Gasteiger partial charge in [-0.2, -0.15) is 5.10 Å². The van der Waals surface area contributed by atoms with E-state index in [1.165, 1.54) is 0 Å². The Balaban J connectivity index is 1.99. The minimum Gasteiger partial charge on any atom is -0.306 e. The molecule has 1 N–H and O–H groups in total. The smallest absolute Gasteiger partial charge is 0.270 e. The maximum Gasteiger partial charge on any atom is 0.270 e. The molecule has 6 nitrogen and oxygen atoms in total. The van der Waals surface area contributed by atoms with Crippen molar-refractivity contribution < 1.29 is 4.79 Å². The molecule has 24 heavy (non-hydrogen) atoms. The molecule has 1 amide bonds. The highest BCUT2D eigenvalue weighted by Crippen LogP contribution is 2.27. The highest BCUT2D eigenvalue weighted by atomic mass is 32.1. The Kier molecular flexibility index (Phi) is 4.19. The number of benzene rings is 1. The number of hydrogen-bond acceptors (Lipinski definition) is 5. The number of aryl methyl sites for hydroxylation is 1. The van der Waals surface area contributed by atoms with Crippen LogP contribution in [-0.4, -0.2) is 25.3 Å². The molecule has 0 saturated carbocycles. The second-order valence-electron chi connectivity index (χ2n) is 6.51. The second kappa shape index (κ2) is 6.16. The molecule has 1 aromatic carbocycles. The van der Waals surface area contributed by atoms with E-state index in [1.807, 2.05) is 61.9 Å². The van der Waals surface area contributed by atoms with E-state index in [-0.39, 0.29) is 11.4 Å². The third-order valence-electron chi connectivity index (χ3n) is 3.51. The van der Waals surface area contributed by atoms with Gasteiger partial charge < -0.3 is 5.32 Å². The molecule has 0 aliphatic carbocycles. The Hall–Kier alpha value is -2.54. The Morgan fingerprint density at radius 3 is 2.50 bits per heavy atom. The van der Waals surface area contributed by atoms with Gasteiger partial charge in [0.15, 0.2) is 0 Å². The summed E-state index contributed by atoms with van der Waals surface area (Å²) in [6.07, 6.45) is 0. The molecule has 0 aliphatic rings. The van der Waals surface area contributed by atoms with Crippen LogP contribution in [0, 0.1) is 6.92 Å². The maximum absolute atomic E-state index is 12.5. The first-order valence-electron chi connectivity index (χ1n) is 7.62. The number of aromatic nitrogens is 4. The molecule has 3 aromatic rings. The van der Waals surface area contributed by atoms with Gasteiger partial charge in [0.1, 0.15) is 10.7 Å². The van der Waals surface area contributed by atoms with Crippen LogP contribution >= 0.6 is 11.5 Å². The lowest BCUT2D eigenvalue weighted by atomic mass is 10.1. The van der Waals surface area contributed by atoms with E-state index in [1.54, 1.807) is 6.92 Å². The summed E-state index contributed by atoms with van der Waals surface area (Å²) in [5, 5.41) is 11.5. The molecule has 0 unspecified atom stereocenters. The predicted molar refractivity (Wildman–Crippen MR) is 95.3 cm³/mol. The summed E-state index contributed by atoms with van der Waals surface area (Å²) in [6.45, 7) is 7.91. The number of carbonyl (C=O) groups excluding carboxylic acids is 1. The van der Waals surface area contributed by atoms with Crippen molar-refractivity contribution in [1.29, 1.82) is 0 Å². The van der Waals surface area contributed by atoms with Crippen LogP contribution in [0.4, 0.5) is 5.82 Å². The van der Waals surface area contributed by atoms with Crippen molar-refractivity contribution in [2.24, 2.45) is 0 Å². The van der Waals surface area contributed by atoms with Crippen molar-refractivity contribution in [3.63, 3.8) is 0 Å². The highest BCUT2D eigenvalue weighted by Gasteiger charge is 2.23. The third kappa shape index (κ3) is 3.21. The lowest BCUT2D eigenvalue weighted by Crippen LogP contribution is -2.26. The van der Waals surface area contributed by atoms with Gasteiger partial charge in [0.2, 0.25) is 0 Å². The van der Waals surface area contributed by atoms with Gasteiger partial charge >= 0.3 is 0 Å². The number of anilines is 1. The quantitative estimate of drug-likeness (QED) is 0.788. The monoisotopic (exact) mass is 341 g/mol. The van der Waals surface area contributed by atoms with Crippen molar-refractivity contribution in [3.05, 3.63) is 47.0 Å². The largest absolute Gasteiger partial charge is 0.306 e. The van der Waals surface area contributed by atoms with E-state index in [0.717, 1.165) is 22.8 Å². The summed E-state index contributed by atoms with van der Waals surface area (Å²) in [6, 6.07) is 11.8. The van der Waals surface area contributed by atoms with Crippen LogP contribution in [0.1, 0.15) is 36.1 Å². The molecule has 3 rings (SSSR count). The Morgan fingerprint density at radius 2 is 1.92 bits per heavy atom.